The van der Waals surface area contributed by atoms with Crippen molar-refractivity contribution in [2.75, 3.05) is 13.1 Å². The van der Waals surface area contributed by atoms with Crippen LogP contribution in [0.3, 0.4) is 0 Å². The number of aliphatic hydroxyl groups excluding tert-OH is 1. The summed E-state index contributed by atoms with van der Waals surface area (Å²) in [6.07, 6.45) is 3.75. The second-order valence-electron chi connectivity index (χ2n) is 4.82. The van der Waals surface area contributed by atoms with Crippen LogP contribution in [0.2, 0.25) is 0 Å². The van der Waals surface area contributed by atoms with Crippen LogP contribution in [0.15, 0.2) is 0 Å². The van der Waals surface area contributed by atoms with Gasteiger partial charge in [0.25, 0.3) is 0 Å². The summed E-state index contributed by atoms with van der Waals surface area (Å²) in [6, 6.07) is 0. The summed E-state index contributed by atoms with van der Waals surface area (Å²) in [5, 5.41) is 9.53. The molecule has 1 aliphatic carbocycles. The van der Waals surface area contributed by atoms with E-state index < -0.39 is 0 Å². The zero-order valence-corrected chi connectivity index (χ0v) is 8.78. The van der Waals surface area contributed by atoms with Gasteiger partial charge in [0.05, 0.1) is 6.10 Å². The Kier molecular flexibility index (Phi) is 2.77. The first-order valence-corrected chi connectivity index (χ1v) is 5.62. The van der Waals surface area contributed by atoms with E-state index in [-0.39, 0.29) is 12.0 Å². The SMILES string of the molecule is CC1CN(C(=O)CC2CC2)CCC1O. The molecule has 1 saturated heterocycles. The van der Waals surface area contributed by atoms with Crippen molar-refractivity contribution in [1.29, 1.82) is 0 Å². The molecular formula is C11H19NO2. The smallest absolute Gasteiger partial charge is 0.222 e. The van der Waals surface area contributed by atoms with Crippen LogP contribution in [0, 0.1) is 11.8 Å². The Hall–Kier alpha value is -0.570. The van der Waals surface area contributed by atoms with Gasteiger partial charge in [0, 0.05) is 19.5 Å². The summed E-state index contributed by atoms with van der Waals surface area (Å²) in [4.78, 5) is 13.7. The molecule has 2 atom stereocenters. The minimum absolute atomic E-state index is 0.208. The molecule has 80 valence electrons. The zero-order valence-electron chi connectivity index (χ0n) is 8.78. The maximum atomic E-state index is 11.7. The molecule has 1 N–H and O–H groups in total. The topological polar surface area (TPSA) is 40.5 Å². The second-order valence-corrected chi connectivity index (χ2v) is 4.82. The van der Waals surface area contributed by atoms with Gasteiger partial charge in [-0.05, 0) is 31.1 Å². The number of amides is 1. The third kappa shape index (κ3) is 2.27. The monoisotopic (exact) mass is 197 g/mol. The van der Waals surface area contributed by atoms with E-state index in [1.807, 2.05) is 11.8 Å². The van der Waals surface area contributed by atoms with Gasteiger partial charge in [-0.1, -0.05) is 6.92 Å². The molecule has 1 heterocycles. The van der Waals surface area contributed by atoms with E-state index >= 15 is 0 Å². The van der Waals surface area contributed by atoms with Crippen LogP contribution in [0.25, 0.3) is 0 Å². The maximum absolute atomic E-state index is 11.7. The highest BCUT2D eigenvalue weighted by molar-refractivity contribution is 5.76. The molecule has 0 spiro atoms. The number of rotatable bonds is 2. The molecule has 0 aromatic rings. The molecule has 3 nitrogen and oxygen atoms in total. The Bertz CT molecular complexity index is 225. The van der Waals surface area contributed by atoms with Gasteiger partial charge < -0.3 is 10.0 Å². The van der Waals surface area contributed by atoms with Gasteiger partial charge >= 0.3 is 0 Å². The molecular weight excluding hydrogens is 178 g/mol. The highest BCUT2D eigenvalue weighted by Gasteiger charge is 2.31. The molecule has 1 saturated carbocycles. The van der Waals surface area contributed by atoms with Crippen LogP contribution >= 0.6 is 0 Å². The van der Waals surface area contributed by atoms with Crippen molar-refractivity contribution in [2.24, 2.45) is 11.8 Å². The number of carbonyl (C=O) groups is 1. The quantitative estimate of drug-likeness (QED) is 0.718. The Morgan fingerprint density at radius 1 is 1.43 bits per heavy atom. The highest BCUT2D eigenvalue weighted by Crippen LogP contribution is 2.33. The molecule has 0 bridgehead atoms. The van der Waals surface area contributed by atoms with Gasteiger partial charge in [0.2, 0.25) is 5.91 Å². The van der Waals surface area contributed by atoms with E-state index in [1.165, 1.54) is 12.8 Å². The third-order valence-corrected chi connectivity index (χ3v) is 3.37. The van der Waals surface area contributed by atoms with Gasteiger partial charge in [0.1, 0.15) is 0 Å². The Labute approximate surface area is 85.1 Å². The van der Waals surface area contributed by atoms with E-state index in [0.29, 0.717) is 11.8 Å². The summed E-state index contributed by atoms with van der Waals surface area (Å²) >= 11 is 0. The first kappa shape index (κ1) is 9.97. The molecule has 2 fully saturated rings. The zero-order chi connectivity index (χ0) is 10.1. The van der Waals surface area contributed by atoms with Crippen LogP contribution < -0.4 is 0 Å². The minimum Gasteiger partial charge on any atom is -0.393 e. The number of nitrogens with zero attached hydrogens (tertiary/aromatic N) is 1. The molecule has 2 unspecified atom stereocenters. The van der Waals surface area contributed by atoms with E-state index in [0.717, 1.165) is 25.9 Å². The summed E-state index contributed by atoms with van der Waals surface area (Å²) in [5.74, 6) is 1.21. The van der Waals surface area contributed by atoms with Crippen molar-refractivity contribution < 1.29 is 9.90 Å². The van der Waals surface area contributed by atoms with E-state index in [1.54, 1.807) is 0 Å². The number of hydrogen-bond acceptors (Lipinski definition) is 2. The fourth-order valence-electron chi connectivity index (χ4n) is 2.06. The third-order valence-electron chi connectivity index (χ3n) is 3.37. The summed E-state index contributed by atoms with van der Waals surface area (Å²) in [5.41, 5.74) is 0. The van der Waals surface area contributed by atoms with E-state index in [2.05, 4.69) is 0 Å². The van der Waals surface area contributed by atoms with Crippen molar-refractivity contribution >= 4 is 5.91 Å². The number of likely N-dealkylation sites (tertiary alicyclic amines) is 1. The van der Waals surface area contributed by atoms with Crippen LogP contribution in [0.1, 0.15) is 32.6 Å². The molecule has 2 aliphatic rings. The van der Waals surface area contributed by atoms with Crippen molar-refractivity contribution in [3.05, 3.63) is 0 Å². The Balaban J connectivity index is 1.82. The van der Waals surface area contributed by atoms with Crippen LogP contribution in [0.4, 0.5) is 0 Å². The maximum Gasteiger partial charge on any atom is 0.222 e. The molecule has 1 amide bonds. The summed E-state index contributed by atoms with van der Waals surface area (Å²) in [6.45, 7) is 3.50. The molecule has 1 aliphatic heterocycles. The largest absolute Gasteiger partial charge is 0.393 e. The van der Waals surface area contributed by atoms with Gasteiger partial charge in [-0.3, -0.25) is 4.79 Å². The number of piperidine rings is 1. The van der Waals surface area contributed by atoms with Crippen molar-refractivity contribution in [3.8, 4) is 0 Å². The summed E-state index contributed by atoms with van der Waals surface area (Å²) < 4.78 is 0. The average Bonchev–Trinajstić information content (AvgIpc) is 2.93. The predicted octanol–water partition coefficient (Wildman–Crippen LogP) is 1.02. The first-order valence-electron chi connectivity index (χ1n) is 5.62. The molecule has 14 heavy (non-hydrogen) atoms. The van der Waals surface area contributed by atoms with Crippen LogP contribution in [0.5, 0.6) is 0 Å². The lowest BCUT2D eigenvalue weighted by atomic mass is 9.96. The lowest BCUT2D eigenvalue weighted by Gasteiger charge is -2.34. The standard InChI is InChI=1S/C11H19NO2/c1-8-7-12(5-4-10(8)13)11(14)6-9-2-3-9/h8-10,13H,2-7H2,1H3. The predicted molar refractivity (Wildman–Crippen MR) is 53.7 cm³/mol. The highest BCUT2D eigenvalue weighted by atomic mass is 16.3. The first-order chi connectivity index (χ1) is 6.66. The molecule has 0 aromatic heterocycles. The summed E-state index contributed by atoms with van der Waals surface area (Å²) in [7, 11) is 0. The lowest BCUT2D eigenvalue weighted by Crippen LogP contribution is -2.45. The molecule has 0 aromatic carbocycles. The normalized spacial score (nSPS) is 33.1. The van der Waals surface area contributed by atoms with E-state index in [9.17, 15) is 9.90 Å². The van der Waals surface area contributed by atoms with Crippen LogP contribution in [-0.4, -0.2) is 35.1 Å². The van der Waals surface area contributed by atoms with Gasteiger partial charge in [-0.25, -0.2) is 0 Å². The van der Waals surface area contributed by atoms with Crippen molar-refractivity contribution in [1.82, 2.24) is 4.90 Å². The fourth-order valence-corrected chi connectivity index (χ4v) is 2.06. The van der Waals surface area contributed by atoms with Crippen LogP contribution in [-0.2, 0) is 4.79 Å². The minimum atomic E-state index is -0.208. The fraction of sp³-hybridized carbons (Fsp3) is 0.909. The molecule has 0 radical (unpaired) electrons. The van der Waals surface area contributed by atoms with Gasteiger partial charge in [-0.15, -0.1) is 0 Å². The lowest BCUT2D eigenvalue weighted by molar-refractivity contribution is -0.135. The van der Waals surface area contributed by atoms with E-state index in [4.69, 9.17) is 0 Å². The molecule has 2 rings (SSSR count). The Morgan fingerprint density at radius 3 is 2.71 bits per heavy atom. The van der Waals surface area contributed by atoms with Gasteiger partial charge in [-0.2, -0.15) is 0 Å². The van der Waals surface area contributed by atoms with Crippen molar-refractivity contribution in [3.63, 3.8) is 0 Å². The number of aliphatic hydroxyl groups is 1. The number of hydrogen-bond donors (Lipinski definition) is 1. The number of carbonyl (C=O) groups excluding carboxylic acids is 1. The average molecular weight is 197 g/mol. The van der Waals surface area contributed by atoms with Crippen molar-refractivity contribution in [2.45, 2.75) is 38.7 Å². The Morgan fingerprint density at radius 2 is 2.14 bits per heavy atom. The van der Waals surface area contributed by atoms with Gasteiger partial charge in [0.15, 0.2) is 0 Å². The second kappa shape index (κ2) is 3.89. The molecule has 3 heteroatoms.